The van der Waals surface area contributed by atoms with E-state index in [4.69, 9.17) is 5.11 Å². The van der Waals surface area contributed by atoms with E-state index >= 15 is 0 Å². The van der Waals surface area contributed by atoms with Crippen molar-refractivity contribution in [3.8, 4) is 0 Å². The maximum atomic E-state index is 10.3. The summed E-state index contributed by atoms with van der Waals surface area (Å²) in [5.74, 6) is -0.732. The molecule has 0 aromatic carbocycles. The number of allylic oxidation sites excluding steroid dienone is 6. The highest BCUT2D eigenvalue weighted by Crippen LogP contribution is 2.08. The number of carboxylic acids is 1. The smallest absolute Gasteiger partial charge is 0.303 e. The number of carboxylic acid groups (broad SMARTS) is 1. The molecule has 0 aromatic rings. The molecular weight excluding hydrogens is 296 g/mol. The molecule has 0 saturated carbocycles. The molecule has 2 heteroatoms. The Morgan fingerprint density at radius 1 is 0.667 bits per heavy atom. The molecular formula is C22H38O2. The Morgan fingerprint density at radius 2 is 1.12 bits per heavy atom. The molecule has 0 unspecified atom stereocenters. The second-order valence-corrected chi connectivity index (χ2v) is 6.45. The van der Waals surface area contributed by atoms with Gasteiger partial charge in [-0.1, -0.05) is 81.9 Å². The third-order valence-corrected chi connectivity index (χ3v) is 4.04. The fraction of sp³-hybridized carbons (Fsp3) is 0.682. The molecule has 0 aromatic heterocycles. The highest BCUT2D eigenvalue weighted by Gasteiger charge is 1.91. The quantitative estimate of drug-likeness (QED) is 0.173. The predicted octanol–water partition coefficient (Wildman–Crippen LogP) is 7.22. The molecule has 1 N–H and O–H groups in total. The molecule has 0 radical (unpaired) electrons. The van der Waals surface area contributed by atoms with Crippen LogP contribution >= 0.6 is 0 Å². The molecule has 0 aliphatic heterocycles. The van der Waals surface area contributed by atoms with E-state index < -0.39 is 5.97 Å². The van der Waals surface area contributed by atoms with Crippen LogP contribution in [0.1, 0.15) is 96.8 Å². The number of unbranched alkanes of at least 4 members (excludes halogenated alkanes) is 10. The summed E-state index contributed by atoms with van der Waals surface area (Å²) in [4.78, 5) is 10.3. The van der Waals surface area contributed by atoms with E-state index in [9.17, 15) is 4.79 Å². The molecule has 0 aliphatic carbocycles. The molecule has 0 heterocycles. The normalized spacial score (nSPS) is 12.0. The van der Waals surface area contributed by atoms with Gasteiger partial charge in [0.25, 0.3) is 0 Å². The summed E-state index contributed by atoms with van der Waals surface area (Å²) in [5.41, 5.74) is 0. The predicted molar refractivity (Wildman–Crippen MR) is 105 cm³/mol. The Hall–Kier alpha value is -1.31. The van der Waals surface area contributed by atoms with Crippen molar-refractivity contribution in [1.29, 1.82) is 0 Å². The minimum absolute atomic E-state index is 0.219. The Kier molecular flexibility index (Phi) is 18.7. The topological polar surface area (TPSA) is 37.3 Å². The average molecular weight is 335 g/mol. The van der Waals surface area contributed by atoms with Gasteiger partial charge in [0.1, 0.15) is 0 Å². The van der Waals surface area contributed by atoms with Gasteiger partial charge in [0.05, 0.1) is 0 Å². The van der Waals surface area contributed by atoms with Gasteiger partial charge in [0.15, 0.2) is 0 Å². The molecule has 0 saturated heterocycles. The van der Waals surface area contributed by atoms with Crippen LogP contribution in [-0.4, -0.2) is 11.1 Å². The first kappa shape index (κ1) is 22.7. The van der Waals surface area contributed by atoms with Crippen molar-refractivity contribution in [3.05, 3.63) is 36.5 Å². The van der Waals surface area contributed by atoms with Crippen LogP contribution in [0.15, 0.2) is 36.5 Å². The molecule has 0 amide bonds. The highest BCUT2D eigenvalue weighted by molar-refractivity contribution is 5.66. The van der Waals surface area contributed by atoms with Gasteiger partial charge >= 0.3 is 5.97 Å². The second-order valence-electron chi connectivity index (χ2n) is 6.45. The van der Waals surface area contributed by atoms with E-state index in [0.29, 0.717) is 6.42 Å². The van der Waals surface area contributed by atoms with E-state index in [-0.39, 0.29) is 6.42 Å². The lowest BCUT2D eigenvalue weighted by Crippen LogP contribution is -1.91. The lowest BCUT2D eigenvalue weighted by atomic mass is 10.1. The van der Waals surface area contributed by atoms with Crippen LogP contribution in [0.4, 0.5) is 0 Å². The standard InChI is InChI=1S/C22H38O2/c1-2-3-4-5-6-7-8-9-10-11-12-13-14-15-16-17-18-19-20-21-22(23)24/h9-10,16-19H,2-8,11-15,20-21H2,1H3,(H,23,24)/b10-9+,17-16+,19-18+. The first-order valence-corrected chi connectivity index (χ1v) is 9.95. The van der Waals surface area contributed by atoms with Gasteiger partial charge in [-0.2, -0.15) is 0 Å². The zero-order valence-corrected chi connectivity index (χ0v) is 15.7. The Morgan fingerprint density at radius 3 is 1.71 bits per heavy atom. The van der Waals surface area contributed by atoms with Crippen LogP contribution in [0.2, 0.25) is 0 Å². The largest absolute Gasteiger partial charge is 0.481 e. The lowest BCUT2D eigenvalue weighted by molar-refractivity contribution is -0.136. The number of aliphatic carboxylic acids is 1. The molecule has 0 aliphatic rings. The van der Waals surface area contributed by atoms with E-state index in [1.165, 1.54) is 70.6 Å². The third-order valence-electron chi connectivity index (χ3n) is 4.04. The fourth-order valence-electron chi connectivity index (χ4n) is 2.54. The zero-order valence-electron chi connectivity index (χ0n) is 15.7. The first-order valence-electron chi connectivity index (χ1n) is 9.95. The van der Waals surface area contributed by atoms with Gasteiger partial charge in [-0.3, -0.25) is 4.79 Å². The summed E-state index contributed by atoms with van der Waals surface area (Å²) < 4.78 is 0. The zero-order chi connectivity index (χ0) is 17.7. The Balaban J connectivity index is 3.24. The van der Waals surface area contributed by atoms with Crippen molar-refractivity contribution in [2.24, 2.45) is 0 Å². The van der Waals surface area contributed by atoms with Crippen molar-refractivity contribution in [3.63, 3.8) is 0 Å². The summed E-state index contributed by atoms with van der Waals surface area (Å²) >= 11 is 0. The summed E-state index contributed by atoms with van der Waals surface area (Å²) in [6.07, 6.45) is 29.3. The molecule has 0 atom stereocenters. The molecule has 0 fully saturated rings. The summed E-state index contributed by atoms with van der Waals surface area (Å²) in [5, 5.41) is 8.50. The van der Waals surface area contributed by atoms with Crippen molar-refractivity contribution in [2.75, 3.05) is 0 Å². The Labute approximate surface area is 149 Å². The van der Waals surface area contributed by atoms with Crippen molar-refractivity contribution >= 4 is 5.97 Å². The van der Waals surface area contributed by atoms with Crippen molar-refractivity contribution in [2.45, 2.75) is 96.8 Å². The minimum atomic E-state index is -0.732. The fourth-order valence-corrected chi connectivity index (χ4v) is 2.54. The van der Waals surface area contributed by atoms with Gasteiger partial charge in [-0.15, -0.1) is 0 Å². The molecule has 0 rings (SSSR count). The monoisotopic (exact) mass is 334 g/mol. The van der Waals surface area contributed by atoms with Gasteiger partial charge in [-0.05, 0) is 44.9 Å². The molecule has 2 nitrogen and oxygen atoms in total. The minimum Gasteiger partial charge on any atom is -0.481 e. The maximum Gasteiger partial charge on any atom is 0.303 e. The van der Waals surface area contributed by atoms with E-state index in [2.05, 4.69) is 25.2 Å². The van der Waals surface area contributed by atoms with Crippen molar-refractivity contribution in [1.82, 2.24) is 0 Å². The number of rotatable bonds is 17. The lowest BCUT2D eigenvalue weighted by Gasteiger charge is -1.98. The van der Waals surface area contributed by atoms with Crippen LogP contribution in [-0.2, 0) is 4.79 Å². The number of carbonyl (C=O) groups is 1. The van der Waals surface area contributed by atoms with Crippen LogP contribution < -0.4 is 0 Å². The highest BCUT2D eigenvalue weighted by atomic mass is 16.4. The van der Waals surface area contributed by atoms with Gasteiger partial charge in [0, 0.05) is 6.42 Å². The van der Waals surface area contributed by atoms with Gasteiger partial charge in [-0.25, -0.2) is 0 Å². The van der Waals surface area contributed by atoms with E-state index in [1.54, 1.807) is 0 Å². The summed E-state index contributed by atoms with van der Waals surface area (Å²) in [6.45, 7) is 2.27. The first-order chi connectivity index (χ1) is 11.8. The second kappa shape index (κ2) is 19.7. The van der Waals surface area contributed by atoms with Crippen LogP contribution in [0.5, 0.6) is 0 Å². The van der Waals surface area contributed by atoms with Crippen LogP contribution in [0, 0.1) is 0 Å². The number of hydrogen-bond donors (Lipinski definition) is 1. The maximum absolute atomic E-state index is 10.3. The van der Waals surface area contributed by atoms with Crippen LogP contribution in [0.3, 0.4) is 0 Å². The van der Waals surface area contributed by atoms with Crippen molar-refractivity contribution < 1.29 is 9.90 Å². The number of hydrogen-bond acceptors (Lipinski definition) is 1. The Bertz CT molecular complexity index is 353. The summed E-state index contributed by atoms with van der Waals surface area (Å²) in [6, 6.07) is 0. The van der Waals surface area contributed by atoms with Crippen LogP contribution in [0.25, 0.3) is 0 Å². The van der Waals surface area contributed by atoms with Gasteiger partial charge < -0.3 is 5.11 Å². The molecule has 138 valence electrons. The summed E-state index contributed by atoms with van der Waals surface area (Å²) in [7, 11) is 0. The third kappa shape index (κ3) is 20.7. The molecule has 0 spiro atoms. The van der Waals surface area contributed by atoms with Gasteiger partial charge in [0.2, 0.25) is 0 Å². The molecule has 0 bridgehead atoms. The van der Waals surface area contributed by atoms with E-state index in [1.807, 2.05) is 18.2 Å². The molecule has 24 heavy (non-hydrogen) atoms. The SMILES string of the molecule is CCCCCCCC/C=C/CCCCC/C=C/C=C/CCC(=O)O. The van der Waals surface area contributed by atoms with E-state index in [0.717, 1.165) is 6.42 Å². The average Bonchev–Trinajstić information content (AvgIpc) is 2.56.